The molecule has 138 valence electrons. The second kappa shape index (κ2) is 8.45. The second-order valence-corrected chi connectivity index (χ2v) is 6.48. The van der Waals surface area contributed by atoms with Gasteiger partial charge in [0.15, 0.2) is 11.0 Å². The number of thioether (sulfide) groups is 1. The largest absolute Gasteiger partial charge is 0.366 e. The van der Waals surface area contributed by atoms with Crippen molar-refractivity contribution in [3.8, 4) is 11.4 Å². The summed E-state index contributed by atoms with van der Waals surface area (Å²) in [6.45, 7) is 2.64. The van der Waals surface area contributed by atoms with Crippen LogP contribution < -0.4 is 11.1 Å². The Bertz CT molecular complexity index is 957. The molecular weight excluding hydrogens is 364 g/mol. The minimum absolute atomic E-state index is 0.123. The first kappa shape index (κ1) is 18.6. The number of para-hydroxylation sites is 1. The van der Waals surface area contributed by atoms with E-state index in [2.05, 4.69) is 20.5 Å². The Morgan fingerprint density at radius 3 is 2.70 bits per heavy atom. The van der Waals surface area contributed by atoms with Gasteiger partial charge in [0.1, 0.15) is 0 Å². The summed E-state index contributed by atoms with van der Waals surface area (Å²) in [6.07, 6.45) is 3.41. The monoisotopic (exact) mass is 382 g/mol. The zero-order valence-corrected chi connectivity index (χ0v) is 15.4. The molecule has 9 heteroatoms. The average molecular weight is 382 g/mol. The fourth-order valence-corrected chi connectivity index (χ4v) is 3.31. The van der Waals surface area contributed by atoms with Gasteiger partial charge in [0.2, 0.25) is 5.91 Å². The van der Waals surface area contributed by atoms with Gasteiger partial charge in [-0.2, -0.15) is 0 Å². The van der Waals surface area contributed by atoms with Crippen molar-refractivity contribution in [1.82, 2.24) is 19.7 Å². The number of amides is 2. The number of carbonyl (C=O) groups excluding carboxylic acids is 2. The Balaban J connectivity index is 1.70. The van der Waals surface area contributed by atoms with Crippen molar-refractivity contribution in [1.29, 1.82) is 0 Å². The molecule has 1 aromatic carbocycles. The Morgan fingerprint density at radius 1 is 1.19 bits per heavy atom. The predicted octanol–water partition coefficient (Wildman–Crippen LogP) is 2.19. The third-order valence-corrected chi connectivity index (χ3v) is 4.72. The average Bonchev–Trinajstić information content (AvgIpc) is 3.10. The van der Waals surface area contributed by atoms with Crippen LogP contribution in [0.5, 0.6) is 0 Å². The molecule has 0 aliphatic carbocycles. The summed E-state index contributed by atoms with van der Waals surface area (Å²) in [5.74, 6) is -0.0293. The number of aromatic nitrogens is 4. The first-order valence-electron chi connectivity index (χ1n) is 8.25. The van der Waals surface area contributed by atoms with E-state index in [1.54, 1.807) is 36.7 Å². The van der Waals surface area contributed by atoms with E-state index in [1.165, 1.54) is 11.8 Å². The number of nitrogens with two attached hydrogens (primary N) is 1. The second-order valence-electron chi connectivity index (χ2n) is 5.54. The van der Waals surface area contributed by atoms with Crippen molar-refractivity contribution in [3.05, 3.63) is 54.4 Å². The van der Waals surface area contributed by atoms with E-state index < -0.39 is 5.91 Å². The third kappa shape index (κ3) is 4.32. The van der Waals surface area contributed by atoms with Crippen LogP contribution in [0.3, 0.4) is 0 Å². The number of hydrogen-bond acceptors (Lipinski definition) is 6. The first-order chi connectivity index (χ1) is 13.1. The van der Waals surface area contributed by atoms with Crippen molar-refractivity contribution in [2.45, 2.75) is 18.6 Å². The molecule has 3 rings (SSSR count). The lowest BCUT2D eigenvalue weighted by atomic mass is 10.1. The van der Waals surface area contributed by atoms with Gasteiger partial charge in [-0.05, 0) is 31.2 Å². The molecule has 0 aliphatic heterocycles. The van der Waals surface area contributed by atoms with E-state index in [0.717, 1.165) is 5.56 Å². The van der Waals surface area contributed by atoms with Gasteiger partial charge >= 0.3 is 0 Å². The fourth-order valence-electron chi connectivity index (χ4n) is 2.51. The van der Waals surface area contributed by atoms with Crippen LogP contribution in [0.1, 0.15) is 17.3 Å². The summed E-state index contributed by atoms with van der Waals surface area (Å²) in [5, 5.41) is 11.7. The molecule has 3 N–H and O–H groups in total. The van der Waals surface area contributed by atoms with Gasteiger partial charge in [0.05, 0.1) is 17.0 Å². The zero-order chi connectivity index (χ0) is 19.2. The molecular formula is C18H18N6O2S. The first-order valence-corrected chi connectivity index (χ1v) is 9.23. The standard InChI is InChI=1S/C18H18N6O2S/c1-2-24-17(12-6-5-9-20-10-12)22-23-18(24)27-11-15(25)21-14-8-4-3-7-13(14)16(19)26/h3-10H,2,11H2,1H3,(H2,19,26)(H,21,25). The molecule has 0 fully saturated rings. The number of anilines is 1. The summed E-state index contributed by atoms with van der Waals surface area (Å²) < 4.78 is 1.92. The van der Waals surface area contributed by atoms with E-state index in [9.17, 15) is 9.59 Å². The van der Waals surface area contributed by atoms with Crippen LogP contribution in [0.15, 0.2) is 53.9 Å². The summed E-state index contributed by atoms with van der Waals surface area (Å²) in [4.78, 5) is 27.8. The Labute approximate surface area is 160 Å². The van der Waals surface area contributed by atoms with Crippen molar-refractivity contribution < 1.29 is 9.59 Å². The molecule has 2 heterocycles. The van der Waals surface area contributed by atoms with Crippen molar-refractivity contribution in [2.24, 2.45) is 5.73 Å². The minimum Gasteiger partial charge on any atom is -0.366 e. The number of benzene rings is 1. The summed E-state index contributed by atoms with van der Waals surface area (Å²) in [6, 6.07) is 10.4. The maximum absolute atomic E-state index is 12.3. The highest BCUT2D eigenvalue weighted by atomic mass is 32.2. The van der Waals surface area contributed by atoms with Gasteiger partial charge in [0, 0.05) is 24.5 Å². The number of hydrogen-bond donors (Lipinski definition) is 2. The SMILES string of the molecule is CCn1c(SCC(=O)Nc2ccccc2C(N)=O)nnc1-c1cccnc1. The number of primary amides is 1. The van der Waals surface area contributed by atoms with E-state index >= 15 is 0 Å². The molecule has 0 radical (unpaired) electrons. The molecule has 0 saturated heterocycles. The number of pyridine rings is 1. The quantitative estimate of drug-likeness (QED) is 0.605. The van der Waals surface area contributed by atoms with Crippen molar-refractivity contribution >= 4 is 29.3 Å². The lowest BCUT2D eigenvalue weighted by molar-refractivity contribution is -0.113. The van der Waals surface area contributed by atoms with Gasteiger partial charge in [-0.1, -0.05) is 23.9 Å². The number of carbonyl (C=O) groups is 2. The molecule has 0 bridgehead atoms. The normalized spacial score (nSPS) is 10.6. The van der Waals surface area contributed by atoms with Gasteiger partial charge in [0.25, 0.3) is 5.91 Å². The van der Waals surface area contributed by atoms with Gasteiger partial charge in [-0.3, -0.25) is 14.6 Å². The van der Waals surface area contributed by atoms with E-state index in [0.29, 0.717) is 23.2 Å². The Morgan fingerprint density at radius 2 is 2.00 bits per heavy atom. The van der Waals surface area contributed by atoms with E-state index in [1.807, 2.05) is 23.6 Å². The van der Waals surface area contributed by atoms with Gasteiger partial charge < -0.3 is 15.6 Å². The molecule has 0 saturated carbocycles. The number of nitrogens with one attached hydrogen (secondary N) is 1. The van der Waals surface area contributed by atoms with Crippen LogP contribution in [-0.2, 0) is 11.3 Å². The predicted molar refractivity (Wildman–Crippen MR) is 103 cm³/mol. The molecule has 2 aromatic heterocycles. The summed E-state index contributed by atoms with van der Waals surface area (Å²) in [5.41, 5.74) is 6.85. The highest BCUT2D eigenvalue weighted by Crippen LogP contribution is 2.23. The fraction of sp³-hybridized carbons (Fsp3) is 0.167. The van der Waals surface area contributed by atoms with Crippen LogP contribution in [0.4, 0.5) is 5.69 Å². The topological polar surface area (TPSA) is 116 Å². The van der Waals surface area contributed by atoms with Crippen LogP contribution in [0, 0.1) is 0 Å². The van der Waals surface area contributed by atoms with E-state index in [-0.39, 0.29) is 17.2 Å². The molecule has 3 aromatic rings. The highest BCUT2D eigenvalue weighted by Gasteiger charge is 2.15. The molecule has 0 unspecified atom stereocenters. The molecule has 0 atom stereocenters. The number of nitrogens with zero attached hydrogens (tertiary/aromatic N) is 4. The smallest absolute Gasteiger partial charge is 0.250 e. The van der Waals surface area contributed by atoms with Crippen molar-refractivity contribution in [3.63, 3.8) is 0 Å². The van der Waals surface area contributed by atoms with Crippen LogP contribution in [0.25, 0.3) is 11.4 Å². The maximum Gasteiger partial charge on any atom is 0.250 e. The minimum atomic E-state index is -0.592. The van der Waals surface area contributed by atoms with Crippen LogP contribution in [0.2, 0.25) is 0 Å². The molecule has 2 amide bonds. The lowest BCUT2D eigenvalue weighted by Gasteiger charge is -2.09. The molecule has 0 aliphatic rings. The number of rotatable bonds is 7. The van der Waals surface area contributed by atoms with E-state index in [4.69, 9.17) is 5.73 Å². The Hall–Kier alpha value is -3.20. The molecule has 8 nitrogen and oxygen atoms in total. The van der Waals surface area contributed by atoms with Crippen molar-refractivity contribution in [2.75, 3.05) is 11.1 Å². The molecule has 27 heavy (non-hydrogen) atoms. The zero-order valence-electron chi connectivity index (χ0n) is 14.6. The maximum atomic E-state index is 12.3. The van der Waals surface area contributed by atoms with Gasteiger partial charge in [-0.25, -0.2) is 0 Å². The Kier molecular flexibility index (Phi) is 5.82. The van der Waals surface area contributed by atoms with Crippen LogP contribution >= 0.6 is 11.8 Å². The highest BCUT2D eigenvalue weighted by molar-refractivity contribution is 7.99. The molecule has 0 spiro atoms. The van der Waals surface area contributed by atoms with Crippen LogP contribution in [-0.4, -0.2) is 37.3 Å². The summed E-state index contributed by atoms with van der Waals surface area (Å²) in [7, 11) is 0. The van der Waals surface area contributed by atoms with Gasteiger partial charge in [-0.15, -0.1) is 10.2 Å². The lowest BCUT2D eigenvalue weighted by Crippen LogP contribution is -2.19. The third-order valence-electron chi connectivity index (χ3n) is 3.75. The summed E-state index contributed by atoms with van der Waals surface area (Å²) >= 11 is 1.27.